The van der Waals surface area contributed by atoms with E-state index in [-0.39, 0.29) is 5.91 Å². The monoisotopic (exact) mass is 382 g/mol. The molecular weight excluding hydrogens is 360 g/mol. The lowest BCUT2D eigenvalue weighted by Gasteiger charge is -2.08. The zero-order chi connectivity index (χ0) is 19.2. The highest BCUT2D eigenvalue weighted by atomic mass is 32.1. The van der Waals surface area contributed by atoms with Gasteiger partial charge in [-0.1, -0.05) is 29.8 Å². The summed E-state index contributed by atoms with van der Waals surface area (Å²) in [6.45, 7) is 2.46. The molecule has 0 atom stereocenters. The number of nitrogens with one attached hydrogen (secondary N) is 1. The number of hydrogen-bond acceptors (Lipinski definition) is 5. The molecule has 0 radical (unpaired) electrons. The van der Waals surface area contributed by atoms with E-state index in [2.05, 4.69) is 41.5 Å². The second-order valence-corrected chi connectivity index (χ2v) is 7.37. The van der Waals surface area contributed by atoms with Crippen LogP contribution in [0, 0.1) is 6.92 Å². The first-order chi connectivity index (χ1) is 13.1. The van der Waals surface area contributed by atoms with E-state index in [9.17, 15) is 4.79 Å². The third-order valence-electron chi connectivity index (χ3n) is 4.11. The van der Waals surface area contributed by atoms with Crippen molar-refractivity contribution >= 4 is 17.2 Å². The minimum absolute atomic E-state index is 0.192. The highest BCUT2D eigenvalue weighted by molar-refractivity contribution is 7.11. The lowest BCUT2D eigenvalue weighted by Crippen LogP contribution is -2.22. The van der Waals surface area contributed by atoms with Gasteiger partial charge in [-0.3, -0.25) is 4.79 Å². The minimum Gasteiger partial charge on any atom is -0.497 e. The van der Waals surface area contributed by atoms with E-state index >= 15 is 0 Å². The fourth-order valence-electron chi connectivity index (χ4n) is 2.62. The van der Waals surface area contributed by atoms with Crippen molar-refractivity contribution in [1.82, 2.24) is 10.3 Å². The first-order valence-corrected chi connectivity index (χ1v) is 9.39. The largest absolute Gasteiger partial charge is 0.497 e. The fraction of sp³-hybridized carbons (Fsp3) is 0.238. The maximum absolute atomic E-state index is 12.4. The zero-order valence-electron chi connectivity index (χ0n) is 15.6. The highest BCUT2D eigenvalue weighted by Gasteiger charge is 2.11. The Balaban J connectivity index is 1.61. The first-order valence-electron chi connectivity index (χ1n) is 8.58. The Bertz CT molecular complexity index is 897. The van der Waals surface area contributed by atoms with Crippen LogP contribution in [0.1, 0.15) is 31.4 Å². The predicted molar refractivity (Wildman–Crippen MR) is 107 cm³/mol. The fourth-order valence-corrected chi connectivity index (χ4v) is 3.51. The Hall–Kier alpha value is -2.86. The number of carbonyl (C=O) groups excluding carboxylic acids is 1. The zero-order valence-corrected chi connectivity index (χ0v) is 16.4. The molecule has 0 aliphatic heterocycles. The Morgan fingerprint density at radius 2 is 1.74 bits per heavy atom. The average Bonchev–Trinajstić information content (AvgIpc) is 3.14. The van der Waals surface area contributed by atoms with Crippen LogP contribution in [0.25, 0.3) is 0 Å². The van der Waals surface area contributed by atoms with Crippen molar-refractivity contribution < 1.29 is 14.3 Å². The van der Waals surface area contributed by atoms with E-state index in [0.29, 0.717) is 23.6 Å². The number of benzene rings is 2. The molecule has 0 bridgehead atoms. The van der Waals surface area contributed by atoms with Gasteiger partial charge in [0.15, 0.2) is 0 Å². The maximum atomic E-state index is 12.4. The van der Waals surface area contributed by atoms with Crippen molar-refractivity contribution in [2.75, 3.05) is 14.2 Å². The maximum Gasteiger partial charge on any atom is 0.251 e. The molecule has 27 heavy (non-hydrogen) atoms. The summed E-state index contributed by atoms with van der Waals surface area (Å²) in [5, 5.41) is 3.78. The number of amides is 1. The third-order valence-corrected chi connectivity index (χ3v) is 5.11. The van der Waals surface area contributed by atoms with Crippen LogP contribution in [0.15, 0.2) is 48.7 Å². The van der Waals surface area contributed by atoms with Crippen LogP contribution in [0.4, 0.5) is 0 Å². The molecule has 0 aliphatic carbocycles. The topological polar surface area (TPSA) is 60.5 Å². The summed E-state index contributed by atoms with van der Waals surface area (Å²) >= 11 is 1.61. The third kappa shape index (κ3) is 5.08. The number of thiazole rings is 1. The smallest absolute Gasteiger partial charge is 0.251 e. The first kappa shape index (κ1) is 18.9. The molecule has 0 saturated carbocycles. The van der Waals surface area contributed by atoms with Crippen molar-refractivity contribution in [3.63, 3.8) is 0 Å². The van der Waals surface area contributed by atoms with Gasteiger partial charge in [-0.2, -0.15) is 0 Å². The van der Waals surface area contributed by atoms with E-state index in [1.807, 2.05) is 6.20 Å². The molecule has 1 aromatic heterocycles. The molecule has 0 unspecified atom stereocenters. The number of methoxy groups -OCH3 is 2. The molecule has 6 heteroatoms. The van der Waals surface area contributed by atoms with E-state index < -0.39 is 0 Å². The number of ether oxygens (including phenoxy) is 2. The molecule has 140 valence electrons. The quantitative estimate of drug-likeness (QED) is 0.671. The van der Waals surface area contributed by atoms with Crippen LogP contribution in [0.5, 0.6) is 11.5 Å². The molecule has 1 N–H and O–H groups in total. The van der Waals surface area contributed by atoms with E-state index in [1.165, 1.54) is 16.0 Å². The van der Waals surface area contributed by atoms with Crippen LogP contribution in [0.2, 0.25) is 0 Å². The van der Waals surface area contributed by atoms with Crippen molar-refractivity contribution in [1.29, 1.82) is 0 Å². The predicted octanol–water partition coefficient (Wildman–Crippen LogP) is 3.99. The van der Waals surface area contributed by atoms with Gasteiger partial charge in [0.25, 0.3) is 5.91 Å². The summed E-state index contributed by atoms with van der Waals surface area (Å²) in [7, 11) is 3.11. The minimum atomic E-state index is -0.192. The lowest BCUT2D eigenvalue weighted by atomic mass is 10.1. The molecule has 2 aromatic carbocycles. The van der Waals surface area contributed by atoms with Gasteiger partial charge in [-0.05, 0) is 24.6 Å². The molecular formula is C21H22N2O3S. The van der Waals surface area contributed by atoms with Gasteiger partial charge in [-0.25, -0.2) is 4.98 Å². The van der Waals surface area contributed by atoms with Gasteiger partial charge in [0, 0.05) is 29.1 Å². The van der Waals surface area contributed by atoms with Gasteiger partial charge >= 0.3 is 0 Å². The van der Waals surface area contributed by atoms with Crippen LogP contribution in [0.3, 0.4) is 0 Å². The van der Waals surface area contributed by atoms with Crippen LogP contribution < -0.4 is 14.8 Å². The summed E-state index contributed by atoms with van der Waals surface area (Å²) in [6.07, 6.45) is 2.72. The Labute approximate surface area is 163 Å². The van der Waals surface area contributed by atoms with E-state index in [0.717, 1.165) is 11.4 Å². The molecule has 0 fully saturated rings. The lowest BCUT2D eigenvalue weighted by molar-refractivity contribution is 0.0950. The number of nitrogens with zero attached hydrogens (tertiary/aromatic N) is 1. The highest BCUT2D eigenvalue weighted by Crippen LogP contribution is 2.23. The summed E-state index contributed by atoms with van der Waals surface area (Å²) in [6, 6.07) is 13.6. The van der Waals surface area contributed by atoms with Gasteiger partial charge in [0.05, 0.1) is 20.8 Å². The molecule has 0 aliphatic rings. The van der Waals surface area contributed by atoms with Crippen LogP contribution in [-0.2, 0) is 13.0 Å². The molecule has 1 amide bonds. The second kappa shape index (κ2) is 8.68. The van der Waals surface area contributed by atoms with Gasteiger partial charge < -0.3 is 14.8 Å². The summed E-state index contributed by atoms with van der Waals surface area (Å²) in [5.41, 5.74) is 2.99. The number of hydrogen-bond donors (Lipinski definition) is 1. The summed E-state index contributed by atoms with van der Waals surface area (Å²) in [5.74, 6) is 0.964. The molecule has 3 rings (SSSR count). The molecule has 5 nitrogen and oxygen atoms in total. The van der Waals surface area contributed by atoms with Crippen molar-refractivity contribution in [2.45, 2.75) is 19.9 Å². The Morgan fingerprint density at radius 3 is 2.37 bits per heavy atom. The SMILES string of the molecule is COc1cc(OC)cc(C(=O)NCc2ncc(Cc3ccc(C)cc3)s2)c1. The van der Waals surface area contributed by atoms with Crippen molar-refractivity contribution in [3.8, 4) is 11.5 Å². The summed E-state index contributed by atoms with van der Waals surface area (Å²) < 4.78 is 10.4. The average molecular weight is 382 g/mol. The Morgan fingerprint density at radius 1 is 1.07 bits per heavy atom. The van der Waals surface area contributed by atoms with E-state index in [4.69, 9.17) is 9.47 Å². The van der Waals surface area contributed by atoms with Gasteiger partial charge in [-0.15, -0.1) is 11.3 Å². The number of aryl methyl sites for hydroxylation is 1. The van der Waals surface area contributed by atoms with Crippen LogP contribution >= 0.6 is 11.3 Å². The number of aromatic nitrogens is 1. The van der Waals surface area contributed by atoms with Crippen molar-refractivity contribution in [2.24, 2.45) is 0 Å². The Kier molecular flexibility index (Phi) is 6.08. The van der Waals surface area contributed by atoms with Gasteiger partial charge in [0.1, 0.15) is 16.5 Å². The standard InChI is InChI=1S/C21H22N2O3S/c1-14-4-6-15(7-5-14)8-19-12-22-20(27-19)13-23-21(24)16-9-17(25-2)11-18(10-16)26-3/h4-7,9-12H,8,13H2,1-3H3,(H,23,24). The molecule has 3 aromatic rings. The second-order valence-electron chi connectivity index (χ2n) is 6.17. The van der Waals surface area contributed by atoms with Crippen molar-refractivity contribution in [3.05, 3.63) is 75.2 Å². The van der Waals surface area contributed by atoms with E-state index in [1.54, 1.807) is 43.8 Å². The molecule has 0 saturated heterocycles. The number of carbonyl (C=O) groups is 1. The van der Waals surface area contributed by atoms with Gasteiger partial charge in [0.2, 0.25) is 0 Å². The molecule has 1 heterocycles. The summed E-state index contributed by atoms with van der Waals surface area (Å²) in [4.78, 5) is 18.0. The molecule has 0 spiro atoms. The van der Waals surface area contributed by atoms with Crippen LogP contribution in [-0.4, -0.2) is 25.1 Å². The number of rotatable bonds is 7. The normalized spacial score (nSPS) is 10.5.